The Hall–Kier alpha value is -1.67. The van der Waals surface area contributed by atoms with Crippen LogP contribution in [0.25, 0.3) is 11.3 Å². The Kier molecular flexibility index (Phi) is 3.48. The molecule has 1 atom stereocenters. The fourth-order valence-corrected chi connectivity index (χ4v) is 1.82. The molecule has 0 aliphatic heterocycles. The van der Waals surface area contributed by atoms with Gasteiger partial charge in [0.05, 0.1) is 11.4 Å². The fourth-order valence-electron chi connectivity index (χ4n) is 1.82. The molecule has 0 unspecified atom stereocenters. The second kappa shape index (κ2) is 4.91. The molecule has 0 spiro atoms. The molecule has 1 aromatic heterocycles. The van der Waals surface area contributed by atoms with Crippen molar-refractivity contribution < 1.29 is 5.11 Å². The van der Waals surface area contributed by atoms with E-state index in [4.69, 9.17) is 0 Å². The van der Waals surface area contributed by atoms with E-state index in [1.54, 1.807) is 0 Å². The zero-order chi connectivity index (χ0) is 13.2. The molecule has 0 aliphatic carbocycles. The fraction of sp³-hybridized carbons (Fsp3) is 0.312. The highest BCUT2D eigenvalue weighted by molar-refractivity contribution is 5.58. The van der Waals surface area contributed by atoms with Crippen LogP contribution in [-0.2, 0) is 0 Å². The van der Waals surface area contributed by atoms with Crippen molar-refractivity contribution >= 4 is 0 Å². The third-order valence-electron chi connectivity index (χ3n) is 2.94. The van der Waals surface area contributed by atoms with Crippen LogP contribution in [0.1, 0.15) is 32.6 Å². The van der Waals surface area contributed by atoms with Crippen molar-refractivity contribution in [1.82, 2.24) is 4.98 Å². The van der Waals surface area contributed by atoms with Gasteiger partial charge in [-0.1, -0.05) is 57.2 Å². The summed E-state index contributed by atoms with van der Waals surface area (Å²) in [5, 5.41) is 10.3. The molecule has 0 radical (unpaired) electrons. The van der Waals surface area contributed by atoms with Gasteiger partial charge < -0.3 is 5.11 Å². The number of aliphatic hydroxyl groups excluding tert-OH is 1. The Balaban J connectivity index is 2.37. The van der Waals surface area contributed by atoms with Gasteiger partial charge in [-0.15, -0.1) is 0 Å². The van der Waals surface area contributed by atoms with Gasteiger partial charge in [-0.05, 0) is 17.5 Å². The summed E-state index contributed by atoms with van der Waals surface area (Å²) in [5.41, 5.74) is 2.49. The van der Waals surface area contributed by atoms with E-state index in [-0.39, 0.29) is 5.41 Å². The highest BCUT2D eigenvalue weighted by atomic mass is 16.3. The number of aliphatic hydroxyl groups is 1. The van der Waals surface area contributed by atoms with Crippen LogP contribution in [0.3, 0.4) is 0 Å². The normalized spacial score (nSPS) is 13.3. The van der Waals surface area contributed by atoms with Crippen molar-refractivity contribution in [3.05, 3.63) is 54.2 Å². The molecule has 18 heavy (non-hydrogen) atoms. The van der Waals surface area contributed by atoms with Crippen molar-refractivity contribution in [3.63, 3.8) is 0 Å². The predicted molar refractivity (Wildman–Crippen MR) is 74.1 cm³/mol. The number of nitrogens with zero attached hydrogens (tertiary/aromatic N) is 1. The monoisotopic (exact) mass is 241 g/mol. The first kappa shape index (κ1) is 12.8. The van der Waals surface area contributed by atoms with Gasteiger partial charge in [0.25, 0.3) is 0 Å². The van der Waals surface area contributed by atoms with E-state index in [2.05, 4.69) is 4.98 Å². The first-order chi connectivity index (χ1) is 8.48. The molecule has 0 amide bonds. The Bertz CT molecular complexity index is 514. The highest BCUT2D eigenvalue weighted by Crippen LogP contribution is 2.32. The molecular weight excluding hydrogens is 222 g/mol. The molecule has 0 saturated carbocycles. The molecular formula is C16H19NO. The van der Waals surface area contributed by atoms with Crippen molar-refractivity contribution in [2.24, 2.45) is 5.41 Å². The standard InChI is InChI=1S/C16H19NO/c1-16(2,3)15(18)14-11-7-10-13(17-14)12-8-5-4-6-9-12/h4-11,15,18H,1-3H3/t15-/m0/s1. The maximum absolute atomic E-state index is 10.3. The van der Waals surface area contributed by atoms with Gasteiger partial charge in [0.1, 0.15) is 6.10 Å². The summed E-state index contributed by atoms with van der Waals surface area (Å²) in [5.74, 6) is 0. The van der Waals surface area contributed by atoms with E-state index < -0.39 is 6.10 Å². The lowest BCUT2D eigenvalue weighted by Crippen LogP contribution is -2.19. The van der Waals surface area contributed by atoms with Gasteiger partial charge in [0.2, 0.25) is 0 Å². The summed E-state index contributed by atoms with van der Waals surface area (Å²) in [4.78, 5) is 4.56. The molecule has 0 saturated heterocycles. The lowest BCUT2D eigenvalue weighted by atomic mass is 9.87. The van der Waals surface area contributed by atoms with Gasteiger partial charge >= 0.3 is 0 Å². The first-order valence-electron chi connectivity index (χ1n) is 6.19. The first-order valence-corrected chi connectivity index (χ1v) is 6.19. The molecule has 1 N–H and O–H groups in total. The maximum atomic E-state index is 10.3. The van der Waals surface area contributed by atoms with Crippen LogP contribution in [0.5, 0.6) is 0 Å². The SMILES string of the molecule is CC(C)(C)[C@@H](O)c1cccc(-c2ccccc2)n1. The van der Waals surface area contributed by atoms with E-state index in [9.17, 15) is 5.11 Å². The Morgan fingerprint density at radius 2 is 1.61 bits per heavy atom. The van der Waals surface area contributed by atoms with Gasteiger partial charge in [0.15, 0.2) is 0 Å². The van der Waals surface area contributed by atoms with Crippen LogP contribution in [0.2, 0.25) is 0 Å². The van der Waals surface area contributed by atoms with Crippen molar-refractivity contribution in [3.8, 4) is 11.3 Å². The van der Waals surface area contributed by atoms with E-state index in [0.29, 0.717) is 0 Å². The molecule has 94 valence electrons. The topological polar surface area (TPSA) is 33.1 Å². The minimum absolute atomic E-state index is 0.206. The number of benzene rings is 1. The third-order valence-corrected chi connectivity index (χ3v) is 2.94. The lowest BCUT2D eigenvalue weighted by Gasteiger charge is -2.25. The van der Waals surface area contributed by atoms with Crippen LogP contribution in [0.15, 0.2) is 48.5 Å². The lowest BCUT2D eigenvalue weighted by molar-refractivity contribution is 0.0590. The summed E-state index contributed by atoms with van der Waals surface area (Å²) in [7, 11) is 0. The Labute approximate surface area is 108 Å². The van der Waals surface area contributed by atoms with E-state index >= 15 is 0 Å². The van der Waals surface area contributed by atoms with E-state index in [1.165, 1.54) is 0 Å². The summed E-state index contributed by atoms with van der Waals surface area (Å²) < 4.78 is 0. The van der Waals surface area contributed by atoms with Crippen molar-refractivity contribution in [1.29, 1.82) is 0 Å². The number of aromatic nitrogens is 1. The van der Waals surface area contributed by atoms with Gasteiger partial charge in [-0.25, -0.2) is 0 Å². The zero-order valence-electron chi connectivity index (χ0n) is 11.1. The molecule has 2 aromatic rings. The van der Waals surface area contributed by atoms with Crippen LogP contribution >= 0.6 is 0 Å². The average Bonchev–Trinajstić information content (AvgIpc) is 2.38. The van der Waals surface area contributed by atoms with E-state index in [0.717, 1.165) is 17.0 Å². The largest absolute Gasteiger partial charge is 0.386 e. The smallest absolute Gasteiger partial charge is 0.101 e. The summed E-state index contributed by atoms with van der Waals surface area (Å²) in [6, 6.07) is 15.8. The number of rotatable bonds is 2. The summed E-state index contributed by atoms with van der Waals surface area (Å²) in [6.45, 7) is 6.03. The van der Waals surface area contributed by atoms with Gasteiger partial charge in [-0.3, -0.25) is 4.98 Å². The van der Waals surface area contributed by atoms with E-state index in [1.807, 2.05) is 69.3 Å². The van der Waals surface area contributed by atoms with Crippen LogP contribution < -0.4 is 0 Å². The molecule has 1 aromatic carbocycles. The second-order valence-electron chi connectivity index (χ2n) is 5.58. The van der Waals surface area contributed by atoms with Gasteiger partial charge in [0, 0.05) is 5.56 Å². The van der Waals surface area contributed by atoms with Crippen molar-refractivity contribution in [2.45, 2.75) is 26.9 Å². The molecule has 1 heterocycles. The third kappa shape index (κ3) is 2.77. The number of hydrogen-bond donors (Lipinski definition) is 1. The number of hydrogen-bond acceptors (Lipinski definition) is 2. The quantitative estimate of drug-likeness (QED) is 0.866. The van der Waals surface area contributed by atoms with Gasteiger partial charge in [-0.2, -0.15) is 0 Å². The average molecular weight is 241 g/mol. The molecule has 2 rings (SSSR count). The molecule has 2 nitrogen and oxygen atoms in total. The predicted octanol–water partition coefficient (Wildman–Crippen LogP) is 3.83. The van der Waals surface area contributed by atoms with Crippen LogP contribution in [-0.4, -0.2) is 10.1 Å². The van der Waals surface area contributed by atoms with Crippen LogP contribution in [0, 0.1) is 5.41 Å². The molecule has 0 aliphatic rings. The highest BCUT2D eigenvalue weighted by Gasteiger charge is 2.25. The number of pyridine rings is 1. The molecule has 2 heteroatoms. The summed E-state index contributed by atoms with van der Waals surface area (Å²) in [6.07, 6.45) is -0.554. The molecule has 0 fully saturated rings. The summed E-state index contributed by atoms with van der Waals surface area (Å²) >= 11 is 0. The minimum Gasteiger partial charge on any atom is -0.386 e. The van der Waals surface area contributed by atoms with Crippen LogP contribution in [0.4, 0.5) is 0 Å². The van der Waals surface area contributed by atoms with Crippen molar-refractivity contribution in [2.75, 3.05) is 0 Å². The Morgan fingerprint density at radius 3 is 2.22 bits per heavy atom. The molecule has 0 bridgehead atoms. The Morgan fingerprint density at radius 1 is 0.944 bits per heavy atom. The zero-order valence-corrected chi connectivity index (χ0v) is 11.1. The maximum Gasteiger partial charge on any atom is 0.101 e. The second-order valence-corrected chi connectivity index (χ2v) is 5.58. The minimum atomic E-state index is -0.554.